The zero-order chi connectivity index (χ0) is 14.9. The molecule has 0 radical (unpaired) electrons. The maximum Gasteiger partial charge on any atom is 0.162 e. The minimum Gasteiger partial charge on any atom is -0.493 e. The number of hydrogen-bond donors (Lipinski definition) is 1. The second-order valence-electron chi connectivity index (χ2n) is 6.32. The van der Waals surface area contributed by atoms with Crippen LogP contribution in [0, 0.1) is 0 Å². The first-order valence-corrected chi connectivity index (χ1v) is 8.25. The standard InChI is InChI=1S/C16H27N3O2/c1-3-19-14(13(21-2)12-17-19)15(20)16(8-4-5-9-16)18-10-6-7-11-18/h12,15,20H,3-11H2,1-2H3. The van der Waals surface area contributed by atoms with E-state index in [2.05, 4.69) is 16.9 Å². The molecule has 5 heteroatoms. The number of nitrogens with zero attached hydrogens (tertiary/aromatic N) is 3. The van der Waals surface area contributed by atoms with Gasteiger partial charge in [0, 0.05) is 6.54 Å². The average molecular weight is 293 g/mol. The molecule has 1 saturated heterocycles. The first kappa shape index (κ1) is 14.9. The molecule has 0 aromatic carbocycles. The number of methoxy groups -OCH3 is 1. The van der Waals surface area contributed by atoms with Gasteiger partial charge in [0.05, 0.1) is 18.8 Å². The summed E-state index contributed by atoms with van der Waals surface area (Å²) >= 11 is 0. The molecular formula is C16H27N3O2. The van der Waals surface area contributed by atoms with Gasteiger partial charge in [0.2, 0.25) is 0 Å². The second-order valence-corrected chi connectivity index (χ2v) is 6.32. The highest BCUT2D eigenvalue weighted by Crippen LogP contribution is 2.47. The quantitative estimate of drug-likeness (QED) is 0.905. The van der Waals surface area contributed by atoms with Crippen LogP contribution < -0.4 is 4.74 Å². The number of hydrogen-bond acceptors (Lipinski definition) is 4. The van der Waals surface area contributed by atoms with Crippen LogP contribution in [0.25, 0.3) is 0 Å². The van der Waals surface area contributed by atoms with Crippen LogP contribution >= 0.6 is 0 Å². The lowest BCUT2D eigenvalue weighted by molar-refractivity contribution is -0.0252. The topological polar surface area (TPSA) is 50.5 Å². The van der Waals surface area contributed by atoms with Crippen LogP contribution in [-0.4, -0.2) is 45.5 Å². The van der Waals surface area contributed by atoms with Gasteiger partial charge < -0.3 is 9.84 Å². The Morgan fingerprint density at radius 3 is 2.52 bits per heavy atom. The van der Waals surface area contributed by atoms with E-state index in [1.54, 1.807) is 13.3 Å². The van der Waals surface area contributed by atoms with Crippen LogP contribution in [0.3, 0.4) is 0 Å². The highest BCUT2D eigenvalue weighted by atomic mass is 16.5. The molecule has 0 amide bonds. The van der Waals surface area contributed by atoms with E-state index in [0.717, 1.165) is 43.9 Å². The van der Waals surface area contributed by atoms with Crippen molar-refractivity contribution >= 4 is 0 Å². The summed E-state index contributed by atoms with van der Waals surface area (Å²) < 4.78 is 7.34. The number of ether oxygens (including phenoxy) is 1. The van der Waals surface area contributed by atoms with E-state index in [1.165, 1.54) is 25.7 Å². The van der Waals surface area contributed by atoms with Crippen molar-refractivity contribution in [1.82, 2.24) is 14.7 Å². The van der Waals surface area contributed by atoms with Gasteiger partial charge in [-0.15, -0.1) is 0 Å². The fourth-order valence-electron chi connectivity index (χ4n) is 4.23. The molecule has 1 aliphatic carbocycles. The molecular weight excluding hydrogens is 266 g/mol. The van der Waals surface area contributed by atoms with Gasteiger partial charge in [0.1, 0.15) is 11.8 Å². The predicted octanol–water partition coefficient (Wildman–Crippen LogP) is 2.35. The van der Waals surface area contributed by atoms with E-state index in [4.69, 9.17) is 4.74 Å². The third-order valence-electron chi connectivity index (χ3n) is 5.34. The molecule has 0 bridgehead atoms. The molecule has 2 fully saturated rings. The van der Waals surface area contributed by atoms with Crippen molar-refractivity contribution < 1.29 is 9.84 Å². The van der Waals surface area contributed by atoms with E-state index >= 15 is 0 Å². The minimum absolute atomic E-state index is 0.114. The first-order chi connectivity index (χ1) is 10.2. The molecule has 1 N–H and O–H groups in total. The predicted molar refractivity (Wildman–Crippen MR) is 81.4 cm³/mol. The van der Waals surface area contributed by atoms with Crippen molar-refractivity contribution in [3.05, 3.63) is 11.9 Å². The van der Waals surface area contributed by atoms with Crippen molar-refractivity contribution in [1.29, 1.82) is 0 Å². The summed E-state index contributed by atoms with van der Waals surface area (Å²) in [5, 5.41) is 15.6. The summed E-state index contributed by atoms with van der Waals surface area (Å²) in [4.78, 5) is 2.52. The zero-order valence-corrected chi connectivity index (χ0v) is 13.2. The smallest absolute Gasteiger partial charge is 0.162 e. The number of aliphatic hydroxyl groups excluding tert-OH is 1. The molecule has 1 aromatic heterocycles. The first-order valence-electron chi connectivity index (χ1n) is 8.25. The average Bonchev–Trinajstić information content (AvgIpc) is 3.24. The van der Waals surface area contributed by atoms with Gasteiger partial charge in [0.25, 0.3) is 0 Å². The summed E-state index contributed by atoms with van der Waals surface area (Å²) in [7, 11) is 1.66. The fourth-order valence-corrected chi connectivity index (χ4v) is 4.23. The molecule has 2 aliphatic rings. The van der Waals surface area contributed by atoms with Crippen molar-refractivity contribution in [2.24, 2.45) is 0 Å². The lowest BCUT2D eigenvalue weighted by atomic mass is 9.86. The van der Waals surface area contributed by atoms with Crippen LogP contribution in [0.1, 0.15) is 57.2 Å². The van der Waals surface area contributed by atoms with Crippen molar-refractivity contribution in [3.8, 4) is 5.75 Å². The summed E-state index contributed by atoms with van der Waals surface area (Å²) in [6.45, 7) is 5.03. The molecule has 1 saturated carbocycles. The highest BCUT2D eigenvalue weighted by molar-refractivity contribution is 5.30. The highest BCUT2D eigenvalue weighted by Gasteiger charge is 2.48. The largest absolute Gasteiger partial charge is 0.493 e. The number of rotatable bonds is 5. The second kappa shape index (κ2) is 5.97. The number of aryl methyl sites for hydroxylation is 1. The Balaban J connectivity index is 1.98. The van der Waals surface area contributed by atoms with Gasteiger partial charge in [-0.1, -0.05) is 12.8 Å². The molecule has 118 valence electrons. The molecule has 1 aromatic rings. The van der Waals surface area contributed by atoms with Crippen LogP contribution in [0.2, 0.25) is 0 Å². The van der Waals surface area contributed by atoms with E-state index in [9.17, 15) is 5.11 Å². The molecule has 21 heavy (non-hydrogen) atoms. The van der Waals surface area contributed by atoms with Crippen LogP contribution in [-0.2, 0) is 6.54 Å². The Morgan fingerprint density at radius 2 is 1.95 bits per heavy atom. The zero-order valence-electron chi connectivity index (χ0n) is 13.2. The normalized spacial score (nSPS) is 23.6. The molecule has 1 aliphatic heterocycles. The SMILES string of the molecule is CCn1ncc(OC)c1C(O)C1(N2CCCC2)CCCC1. The van der Waals surface area contributed by atoms with Crippen molar-refractivity contribution in [3.63, 3.8) is 0 Å². The van der Waals surface area contributed by atoms with Crippen LogP contribution in [0.5, 0.6) is 5.75 Å². The Labute approximate surface area is 126 Å². The van der Waals surface area contributed by atoms with Gasteiger partial charge in [-0.05, 0) is 45.7 Å². The minimum atomic E-state index is -0.518. The molecule has 0 spiro atoms. The van der Waals surface area contributed by atoms with Gasteiger partial charge in [-0.3, -0.25) is 9.58 Å². The van der Waals surface area contributed by atoms with E-state index in [1.807, 2.05) is 4.68 Å². The van der Waals surface area contributed by atoms with Gasteiger partial charge in [-0.25, -0.2) is 0 Å². The lowest BCUT2D eigenvalue weighted by Gasteiger charge is -2.42. The summed E-state index contributed by atoms with van der Waals surface area (Å²) in [6.07, 6.45) is 8.27. The Hall–Kier alpha value is -1.07. The Morgan fingerprint density at radius 1 is 1.29 bits per heavy atom. The third kappa shape index (κ3) is 2.36. The van der Waals surface area contributed by atoms with Crippen molar-refractivity contribution in [2.75, 3.05) is 20.2 Å². The van der Waals surface area contributed by atoms with E-state index in [-0.39, 0.29) is 5.54 Å². The number of aliphatic hydroxyl groups is 1. The summed E-state index contributed by atoms with van der Waals surface area (Å²) in [5.41, 5.74) is 0.741. The van der Waals surface area contributed by atoms with Crippen molar-refractivity contribution in [2.45, 2.75) is 63.6 Å². The molecule has 2 heterocycles. The lowest BCUT2D eigenvalue weighted by Crippen LogP contribution is -2.50. The van der Waals surface area contributed by atoms with Gasteiger partial charge >= 0.3 is 0 Å². The Bertz CT molecular complexity index is 452. The maximum atomic E-state index is 11.3. The van der Waals surface area contributed by atoms with Crippen LogP contribution in [0.15, 0.2) is 6.20 Å². The fraction of sp³-hybridized carbons (Fsp3) is 0.812. The third-order valence-corrected chi connectivity index (χ3v) is 5.34. The molecule has 1 atom stereocenters. The molecule has 1 unspecified atom stereocenters. The Kier molecular flexibility index (Phi) is 4.22. The van der Waals surface area contributed by atoms with Gasteiger partial charge in [-0.2, -0.15) is 5.10 Å². The number of aromatic nitrogens is 2. The van der Waals surface area contributed by atoms with Crippen LogP contribution in [0.4, 0.5) is 0 Å². The number of likely N-dealkylation sites (tertiary alicyclic amines) is 1. The molecule has 5 nitrogen and oxygen atoms in total. The maximum absolute atomic E-state index is 11.3. The van der Waals surface area contributed by atoms with E-state index < -0.39 is 6.10 Å². The summed E-state index contributed by atoms with van der Waals surface area (Å²) in [6, 6.07) is 0. The van der Waals surface area contributed by atoms with Gasteiger partial charge in [0.15, 0.2) is 5.75 Å². The summed E-state index contributed by atoms with van der Waals surface area (Å²) in [5.74, 6) is 0.717. The molecule has 3 rings (SSSR count). The van der Waals surface area contributed by atoms with E-state index in [0.29, 0.717) is 0 Å². The monoisotopic (exact) mass is 293 g/mol.